The molecule has 0 radical (unpaired) electrons. The van der Waals surface area contributed by atoms with Crippen molar-refractivity contribution in [1.29, 1.82) is 0 Å². The summed E-state index contributed by atoms with van der Waals surface area (Å²) in [6, 6.07) is 1.30. The zero-order valence-corrected chi connectivity index (χ0v) is 11.6. The number of carbonyl (C=O) groups is 2. The van der Waals surface area contributed by atoms with Crippen LogP contribution >= 0.6 is 23.2 Å². The van der Waals surface area contributed by atoms with E-state index >= 15 is 0 Å². The van der Waals surface area contributed by atoms with Crippen LogP contribution in [0.25, 0.3) is 0 Å². The zero-order chi connectivity index (χ0) is 14.1. The minimum atomic E-state index is -1.18. The van der Waals surface area contributed by atoms with Gasteiger partial charge < -0.3 is 5.11 Å². The van der Waals surface area contributed by atoms with Gasteiger partial charge in [0.05, 0.1) is 10.6 Å². The van der Waals surface area contributed by atoms with Crippen LogP contribution in [-0.2, 0) is 0 Å². The van der Waals surface area contributed by atoms with E-state index in [-0.39, 0.29) is 21.6 Å². The number of anilines is 1. The maximum Gasteiger partial charge on any atom is 0.413 e. The second-order valence-electron chi connectivity index (χ2n) is 4.57. The van der Waals surface area contributed by atoms with Crippen LogP contribution < -0.4 is 4.90 Å². The lowest BCUT2D eigenvalue weighted by molar-refractivity contribution is 0.112. The largest absolute Gasteiger partial charge is 0.465 e. The first-order chi connectivity index (χ1) is 8.18. The lowest BCUT2D eigenvalue weighted by Crippen LogP contribution is -2.45. The Morgan fingerprint density at radius 3 is 2.33 bits per heavy atom. The van der Waals surface area contributed by atoms with Crippen LogP contribution in [0.15, 0.2) is 6.07 Å². The summed E-state index contributed by atoms with van der Waals surface area (Å²) in [7, 11) is 0. The van der Waals surface area contributed by atoms with E-state index in [1.54, 1.807) is 20.8 Å². The van der Waals surface area contributed by atoms with Crippen molar-refractivity contribution in [3.8, 4) is 0 Å². The molecule has 0 aliphatic carbocycles. The van der Waals surface area contributed by atoms with Crippen molar-refractivity contribution in [3.05, 3.63) is 21.8 Å². The Labute approximate surface area is 114 Å². The average molecular weight is 291 g/mol. The van der Waals surface area contributed by atoms with Gasteiger partial charge in [-0.15, -0.1) is 0 Å². The summed E-state index contributed by atoms with van der Waals surface area (Å²) in [5, 5.41) is 9.14. The Kier molecular flexibility index (Phi) is 4.19. The van der Waals surface area contributed by atoms with Crippen molar-refractivity contribution in [1.82, 2.24) is 4.98 Å². The number of carboxylic acid groups (broad SMARTS) is 1. The number of amides is 1. The summed E-state index contributed by atoms with van der Waals surface area (Å²) in [4.78, 5) is 26.9. The minimum absolute atomic E-state index is 0.0429. The van der Waals surface area contributed by atoms with E-state index in [2.05, 4.69) is 4.98 Å². The minimum Gasteiger partial charge on any atom is -0.465 e. The maximum absolute atomic E-state index is 11.3. The quantitative estimate of drug-likeness (QED) is 0.669. The van der Waals surface area contributed by atoms with E-state index in [0.29, 0.717) is 6.29 Å². The summed E-state index contributed by atoms with van der Waals surface area (Å²) < 4.78 is 0. The average Bonchev–Trinajstić information content (AvgIpc) is 2.13. The fourth-order valence-electron chi connectivity index (χ4n) is 1.43. The summed E-state index contributed by atoms with van der Waals surface area (Å²) in [5.74, 6) is 0.0793. The molecule has 0 unspecified atom stereocenters. The molecule has 1 aromatic rings. The first-order valence-corrected chi connectivity index (χ1v) is 5.78. The number of hydrogen-bond donors (Lipinski definition) is 1. The van der Waals surface area contributed by atoms with Crippen molar-refractivity contribution in [2.75, 3.05) is 4.90 Å². The summed E-state index contributed by atoms with van der Waals surface area (Å²) in [6.45, 7) is 5.12. The third-order valence-corrected chi connectivity index (χ3v) is 2.76. The zero-order valence-electron chi connectivity index (χ0n) is 10.1. The first-order valence-electron chi connectivity index (χ1n) is 5.03. The van der Waals surface area contributed by atoms with Crippen molar-refractivity contribution in [3.63, 3.8) is 0 Å². The molecule has 18 heavy (non-hydrogen) atoms. The highest BCUT2D eigenvalue weighted by Gasteiger charge is 2.30. The van der Waals surface area contributed by atoms with Gasteiger partial charge in [0, 0.05) is 11.6 Å². The molecule has 0 atom stereocenters. The van der Waals surface area contributed by atoms with Crippen molar-refractivity contribution in [2.24, 2.45) is 0 Å². The Bertz CT molecular complexity index is 475. The highest BCUT2D eigenvalue weighted by atomic mass is 35.5. The van der Waals surface area contributed by atoms with Gasteiger partial charge in [0.1, 0.15) is 11.0 Å². The predicted molar refractivity (Wildman–Crippen MR) is 69.9 cm³/mol. The molecule has 0 saturated carbocycles. The van der Waals surface area contributed by atoms with Crippen LogP contribution in [0.2, 0.25) is 10.2 Å². The van der Waals surface area contributed by atoms with Gasteiger partial charge >= 0.3 is 6.09 Å². The van der Waals surface area contributed by atoms with Gasteiger partial charge in [-0.2, -0.15) is 0 Å². The molecule has 0 aliphatic rings. The molecular weight excluding hydrogens is 279 g/mol. The van der Waals surface area contributed by atoms with E-state index in [1.165, 1.54) is 6.07 Å². The SMILES string of the molecule is CC(C)(C)N(C(=O)O)c1cc(Cl)c(C=O)c(Cl)n1. The van der Waals surface area contributed by atoms with Gasteiger partial charge in [-0.25, -0.2) is 9.78 Å². The molecule has 1 aromatic heterocycles. The van der Waals surface area contributed by atoms with Gasteiger partial charge in [0.25, 0.3) is 0 Å². The van der Waals surface area contributed by atoms with Crippen LogP contribution in [0.4, 0.5) is 10.6 Å². The summed E-state index contributed by atoms with van der Waals surface area (Å²) in [6.07, 6.45) is -0.704. The Hall–Kier alpha value is -1.33. The Balaban J connectivity index is 3.40. The van der Waals surface area contributed by atoms with Gasteiger partial charge in [0.15, 0.2) is 6.29 Å². The van der Waals surface area contributed by atoms with E-state index in [9.17, 15) is 14.7 Å². The molecule has 7 heteroatoms. The second kappa shape index (κ2) is 5.12. The normalized spacial score (nSPS) is 11.2. The highest BCUT2D eigenvalue weighted by molar-refractivity contribution is 6.38. The van der Waals surface area contributed by atoms with Crippen LogP contribution in [0, 0.1) is 0 Å². The fourth-order valence-corrected chi connectivity index (χ4v) is 1.94. The predicted octanol–water partition coefficient (Wildman–Crippen LogP) is 3.48. The number of pyridine rings is 1. The van der Waals surface area contributed by atoms with E-state index in [4.69, 9.17) is 23.2 Å². The molecule has 0 fully saturated rings. The lowest BCUT2D eigenvalue weighted by atomic mass is 10.1. The van der Waals surface area contributed by atoms with Crippen molar-refractivity contribution >= 4 is 41.4 Å². The summed E-state index contributed by atoms with van der Waals surface area (Å²) in [5.41, 5.74) is -0.671. The first kappa shape index (κ1) is 14.7. The number of nitrogens with zero attached hydrogens (tertiary/aromatic N) is 2. The van der Waals surface area contributed by atoms with Gasteiger partial charge in [-0.3, -0.25) is 9.69 Å². The molecule has 0 spiro atoms. The lowest BCUT2D eigenvalue weighted by Gasteiger charge is -2.32. The molecule has 0 bridgehead atoms. The monoisotopic (exact) mass is 290 g/mol. The van der Waals surface area contributed by atoms with Crippen LogP contribution in [-0.4, -0.2) is 28.0 Å². The van der Waals surface area contributed by atoms with E-state index in [0.717, 1.165) is 4.90 Å². The molecule has 1 N–H and O–H groups in total. The second-order valence-corrected chi connectivity index (χ2v) is 5.34. The standard InChI is InChI=1S/C11H12Cl2N2O3/c1-11(2,3)15(10(17)18)8-4-7(12)6(5-16)9(13)14-8/h4-5H,1-3H3,(H,17,18). The third kappa shape index (κ3) is 2.91. The van der Waals surface area contributed by atoms with Crippen LogP contribution in [0.1, 0.15) is 31.1 Å². The number of halogens is 2. The third-order valence-electron chi connectivity index (χ3n) is 2.16. The molecular formula is C11H12Cl2N2O3. The fraction of sp³-hybridized carbons (Fsp3) is 0.364. The molecule has 0 aromatic carbocycles. The van der Waals surface area contributed by atoms with E-state index < -0.39 is 11.6 Å². The van der Waals surface area contributed by atoms with Crippen LogP contribution in [0.3, 0.4) is 0 Å². The molecule has 1 heterocycles. The number of rotatable bonds is 2. The maximum atomic E-state index is 11.3. The number of aromatic nitrogens is 1. The molecule has 0 aliphatic heterocycles. The molecule has 98 valence electrons. The van der Waals surface area contributed by atoms with Gasteiger partial charge in [0.2, 0.25) is 0 Å². The Morgan fingerprint density at radius 1 is 1.44 bits per heavy atom. The number of hydrogen-bond acceptors (Lipinski definition) is 3. The molecule has 1 amide bonds. The van der Waals surface area contributed by atoms with Gasteiger partial charge in [-0.1, -0.05) is 23.2 Å². The van der Waals surface area contributed by atoms with E-state index in [1.807, 2.05) is 0 Å². The molecule has 0 saturated heterocycles. The smallest absolute Gasteiger partial charge is 0.413 e. The number of aldehydes is 1. The summed E-state index contributed by atoms with van der Waals surface area (Å²) >= 11 is 11.6. The molecule has 5 nitrogen and oxygen atoms in total. The highest BCUT2D eigenvalue weighted by Crippen LogP contribution is 2.29. The van der Waals surface area contributed by atoms with Crippen molar-refractivity contribution in [2.45, 2.75) is 26.3 Å². The van der Waals surface area contributed by atoms with Crippen LogP contribution in [0.5, 0.6) is 0 Å². The topological polar surface area (TPSA) is 70.5 Å². The molecule has 1 rings (SSSR count). The number of carbonyl (C=O) groups excluding carboxylic acids is 1. The Morgan fingerprint density at radius 2 is 2.00 bits per heavy atom. The van der Waals surface area contributed by atoms with Gasteiger partial charge in [-0.05, 0) is 20.8 Å². The van der Waals surface area contributed by atoms with Crippen molar-refractivity contribution < 1.29 is 14.7 Å².